The van der Waals surface area contributed by atoms with Crippen LogP contribution in [0.25, 0.3) is 22.3 Å². The van der Waals surface area contributed by atoms with Crippen molar-refractivity contribution in [3.05, 3.63) is 223 Å². The van der Waals surface area contributed by atoms with Crippen molar-refractivity contribution < 1.29 is 0 Å². The third-order valence-electron chi connectivity index (χ3n) is 13.9. The second-order valence-electron chi connectivity index (χ2n) is 18.5. The lowest BCUT2D eigenvalue weighted by atomic mass is 9.33. The normalized spacial score (nSPS) is 14.1. The first-order valence-corrected chi connectivity index (χ1v) is 24.3. The van der Waals surface area contributed by atoms with Gasteiger partial charge in [-0.1, -0.05) is 185 Å². The maximum atomic E-state index is 2.68. The summed E-state index contributed by atoms with van der Waals surface area (Å²) in [5, 5.41) is 5.75. The first kappa shape index (κ1) is 37.6. The molecule has 3 aliphatic rings. The van der Waals surface area contributed by atoms with Crippen LogP contribution in [0.15, 0.2) is 212 Å². The number of para-hydroxylation sites is 2. The van der Waals surface area contributed by atoms with Gasteiger partial charge in [0.25, 0.3) is 6.71 Å². The minimum absolute atomic E-state index is 0.000653. The molecular weight excluding hydrogens is 776 g/mol. The minimum atomic E-state index is -2.80. The van der Waals surface area contributed by atoms with E-state index in [0.717, 1.165) is 5.69 Å². The summed E-state index contributed by atoms with van der Waals surface area (Å²) >= 11 is 0. The molecule has 0 aliphatic carbocycles. The molecule has 0 bridgehead atoms. The number of rotatable bonds is 5. The highest BCUT2D eigenvalue weighted by atomic mass is 28.3. The summed E-state index contributed by atoms with van der Waals surface area (Å²) in [4.78, 5) is 5.15. The Morgan fingerprint density at radius 2 is 1.00 bits per heavy atom. The van der Waals surface area contributed by atoms with Gasteiger partial charge in [0.15, 0.2) is 8.07 Å². The van der Waals surface area contributed by atoms with Gasteiger partial charge in [-0.05, 0) is 126 Å². The van der Waals surface area contributed by atoms with Gasteiger partial charge >= 0.3 is 0 Å². The molecule has 3 heterocycles. The van der Waals surface area contributed by atoms with Crippen LogP contribution in [0.5, 0.6) is 0 Å². The van der Waals surface area contributed by atoms with E-state index in [-0.39, 0.29) is 12.1 Å². The molecule has 300 valence electrons. The van der Waals surface area contributed by atoms with Gasteiger partial charge in [-0.15, -0.1) is 0 Å². The number of aryl methyl sites for hydroxylation is 1. The van der Waals surface area contributed by atoms with Crippen LogP contribution in [-0.2, 0) is 5.41 Å². The minimum Gasteiger partial charge on any atom is -0.311 e. The predicted molar refractivity (Wildman–Crippen MR) is 272 cm³/mol. The van der Waals surface area contributed by atoms with Gasteiger partial charge in [-0.25, -0.2) is 0 Å². The summed E-state index contributed by atoms with van der Waals surface area (Å²) in [5.74, 6) is 0. The van der Waals surface area contributed by atoms with E-state index in [4.69, 9.17) is 0 Å². The van der Waals surface area contributed by atoms with E-state index in [9.17, 15) is 0 Å². The Morgan fingerprint density at radius 1 is 0.413 bits per heavy atom. The van der Waals surface area contributed by atoms with Crippen LogP contribution >= 0.6 is 0 Å². The van der Waals surface area contributed by atoms with Crippen LogP contribution in [0.1, 0.15) is 31.9 Å². The van der Waals surface area contributed by atoms with Gasteiger partial charge in [-0.3, -0.25) is 0 Å². The second kappa shape index (κ2) is 14.2. The zero-order valence-corrected chi connectivity index (χ0v) is 37.2. The number of nitrogens with zero attached hydrogens (tertiary/aromatic N) is 2. The van der Waals surface area contributed by atoms with Gasteiger partial charge in [0.1, 0.15) is 0 Å². The van der Waals surface area contributed by atoms with Crippen LogP contribution in [0.3, 0.4) is 0 Å². The number of hydrogen-bond acceptors (Lipinski definition) is 2. The molecule has 2 nitrogen and oxygen atoms in total. The Balaban J connectivity index is 1.24. The third-order valence-corrected chi connectivity index (χ3v) is 18.8. The van der Waals surface area contributed by atoms with Crippen molar-refractivity contribution in [3.63, 3.8) is 0 Å². The Bertz CT molecular complexity index is 3190. The molecule has 3 aliphatic heterocycles. The molecule has 9 aromatic carbocycles. The maximum Gasteiger partial charge on any atom is 0.252 e. The standard InChI is InChI=1S/C59H47BN2Si/c1-40-35-54-58-55(36-40)62(51-34-33-42(59(2,3)4)37-47(51)41-21-9-5-10-22-41)53-38-48-46-29-17-20-32-56(46)63(44-25-13-7-14-26-44,45-27-15-8-16-28-45)57(48)39-50(53)60(58)49-30-18-19-31-52(49)61(54)43-23-11-6-12-24-43/h5-39H,1-4H3. The topological polar surface area (TPSA) is 6.48 Å². The van der Waals surface area contributed by atoms with Gasteiger partial charge in [0.2, 0.25) is 0 Å². The third kappa shape index (κ3) is 5.57. The first-order chi connectivity index (χ1) is 30.8. The van der Waals surface area contributed by atoms with Crippen molar-refractivity contribution in [3.8, 4) is 22.3 Å². The fourth-order valence-electron chi connectivity index (χ4n) is 11.2. The average Bonchev–Trinajstić information content (AvgIpc) is 3.61. The zero-order valence-electron chi connectivity index (χ0n) is 36.2. The van der Waals surface area contributed by atoms with Gasteiger partial charge < -0.3 is 9.80 Å². The van der Waals surface area contributed by atoms with E-state index in [2.05, 4.69) is 250 Å². The van der Waals surface area contributed by atoms with Gasteiger partial charge in [0, 0.05) is 34.0 Å². The van der Waals surface area contributed by atoms with Crippen LogP contribution in [-0.4, -0.2) is 14.8 Å². The molecule has 0 fully saturated rings. The summed E-state index contributed by atoms with van der Waals surface area (Å²) in [6.07, 6.45) is 0. The molecular formula is C59H47BN2Si. The average molecular weight is 823 g/mol. The van der Waals surface area contributed by atoms with E-state index in [1.165, 1.54) is 99.0 Å². The summed E-state index contributed by atoms with van der Waals surface area (Å²) in [6.45, 7) is 9.23. The lowest BCUT2D eigenvalue weighted by Gasteiger charge is -2.45. The first-order valence-electron chi connectivity index (χ1n) is 22.3. The molecule has 4 heteroatoms. The van der Waals surface area contributed by atoms with Crippen molar-refractivity contribution >= 4 is 86.0 Å². The predicted octanol–water partition coefficient (Wildman–Crippen LogP) is 10.4. The highest BCUT2D eigenvalue weighted by molar-refractivity contribution is 7.22. The summed E-state index contributed by atoms with van der Waals surface area (Å²) in [6, 6.07) is 80.7. The van der Waals surface area contributed by atoms with E-state index in [1.807, 2.05) is 0 Å². The molecule has 0 saturated carbocycles. The van der Waals surface area contributed by atoms with Crippen LogP contribution in [0.4, 0.5) is 34.1 Å². The van der Waals surface area contributed by atoms with Crippen LogP contribution in [0, 0.1) is 6.92 Å². The van der Waals surface area contributed by atoms with Crippen molar-refractivity contribution in [2.45, 2.75) is 33.1 Å². The molecule has 0 saturated heterocycles. The lowest BCUT2D eigenvalue weighted by Crippen LogP contribution is -2.73. The smallest absolute Gasteiger partial charge is 0.252 e. The Morgan fingerprint density at radius 3 is 1.68 bits per heavy atom. The lowest BCUT2D eigenvalue weighted by molar-refractivity contribution is 0.590. The Labute approximate surface area is 372 Å². The van der Waals surface area contributed by atoms with E-state index in [1.54, 1.807) is 0 Å². The quantitative estimate of drug-likeness (QED) is 0.160. The van der Waals surface area contributed by atoms with Crippen molar-refractivity contribution in [1.82, 2.24) is 0 Å². The summed E-state index contributed by atoms with van der Waals surface area (Å²) in [7, 11) is -2.80. The largest absolute Gasteiger partial charge is 0.311 e. The molecule has 0 aromatic heterocycles. The molecule has 0 N–H and O–H groups in total. The van der Waals surface area contributed by atoms with Crippen molar-refractivity contribution in [1.29, 1.82) is 0 Å². The molecule has 0 spiro atoms. The fraction of sp³-hybridized carbons (Fsp3) is 0.0847. The summed E-state index contributed by atoms with van der Waals surface area (Å²) in [5.41, 5.74) is 19.0. The number of hydrogen-bond donors (Lipinski definition) is 0. The Kier molecular flexibility index (Phi) is 8.48. The molecule has 0 amide bonds. The second-order valence-corrected chi connectivity index (χ2v) is 22.3. The Hall–Kier alpha value is -7.14. The highest BCUT2D eigenvalue weighted by Gasteiger charge is 2.51. The maximum absolute atomic E-state index is 2.80. The van der Waals surface area contributed by atoms with Crippen molar-refractivity contribution in [2.75, 3.05) is 9.80 Å². The molecule has 0 unspecified atom stereocenters. The van der Waals surface area contributed by atoms with E-state index < -0.39 is 8.07 Å². The fourth-order valence-corrected chi connectivity index (χ4v) is 16.4. The molecule has 0 radical (unpaired) electrons. The van der Waals surface area contributed by atoms with E-state index in [0.29, 0.717) is 0 Å². The molecule has 63 heavy (non-hydrogen) atoms. The molecule has 12 rings (SSSR count). The highest BCUT2D eigenvalue weighted by Crippen LogP contribution is 2.48. The van der Waals surface area contributed by atoms with Gasteiger partial charge in [0.05, 0.1) is 5.69 Å². The molecule has 0 atom stereocenters. The van der Waals surface area contributed by atoms with Gasteiger partial charge in [-0.2, -0.15) is 0 Å². The van der Waals surface area contributed by atoms with Crippen LogP contribution < -0.4 is 46.9 Å². The number of benzene rings is 9. The zero-order chi connectivity index (χ0) is 42.5. The van der Waals surface area contributed by atoms with Crippen LogP contribution in [0.2, 0.25) is 0 Å². The molecule has 9 aromatic rings. The number of anilines is 6. The SMILES string of the molecule is Cc1cc2c3c(c1)N(c1ccc(C(C)(C)C)cc1-c1ccccc1)c1cc4c(cc1B3c1ccccc1N2c1ccccc1)[Si](c1ccccc1)(c1ccccc1)c1ccccc1-4. The van der Waals surface area contributed by atoms with E-state index >= 15 is 0 Å². The summed E-state index contributed by atoms with van der Waals surface area (Å²) < 4.78 is 0. The number of fused-ring (bicyclic) bond motifs is 7. The monoisotopic (exact) mass is 822 g/mol. The van der Waals surface area contributed by atoms with Crippen molar-refractivity contribution in [2.24, 2.45) is 0 Å².